The topological polar surface area (TPSA) is 59.7 Å². The van der Waals surface area contributed by atoms with Crippen molar-refractivity contribution < 1.29 is 4.74 Å². The first kappa shape index (κ1) is 14.5. The number of rotatable bonds is 5. The number of aryl methyl sites for hydroxylation is 1. The highest BCUT2D eigenvalue weighted by Crippen LogP contribution is 2.20. The molecular weight excluding hydrogens is 300 g/mol. The van der Waals surface area contributed by atoms with Gasteiger partial charge < -0.3 is 9.64 Å². The lowest BCUT2D eigenvalue weighted by atomic mass is 10.3. The minimum Gasteiger partial charge on any atom is -0.492 e. The molecule has 6 nitrogen and oxygen atoms in total. The van der Waals surface area contributed by atoms with E-state index in [-0.39, 0.29) is 5.56 Å². The highest BCUT2D eigenvalue weighted by atomic mass is 32.1. The van der Waals surface area contributed by atoms with Crippen molar-refractivity contribution >= 4 is 21.4 Å². The standard InChI is InChI=1S/C15H16N4O2S/c1-11-10-13(20)19-14(16-11)22-15(17-19)18(2)8-9-21-12-6-4-3-5-7-12/h3-7,10H,8-9H2,1-2H3. The summed E-state index contributed by atoms with van der Waals surface area (Å²) in [5.41, 5.74) is 0.550. The van der Waals surface area contributed by atoms with Gasteiger partial charge in [-0.2, -0.15) is 4.52 Å². The molecule has 0 amide bonds. The van der Waals surface area contributed by atoms with Gasteiger partial charge in [-0.25, -0.2) is 4.98 Å². The van der Waals surface area contributed by atoms with Gasteiger partial charge in [-0.3, -0.25) is 4.79 Å². The molecule has 114 valence electrons. The first-order valence-electron chi connectivity index (χ1n) is 6.90. The van der Waals surface area contributed by atoms with E-state index >= 15 is 0 Å². The Labute approximate surface area is 131 Å². The van der Waals surface area contributed by atoms with Gasteiger partial charge in [-0.15, -0.1) is 5.10 Å². The average molecular weight is 316 g/mol. The normalized spacial score (nSPS) is 10.8. The van der Waals surface area contributed by atoms with E-state index in [0.717, 1.165) is 10.9 Å². The van der Waals surface area contributed by atoms with Gasteiger partial charge in [0.2, 0.25) is 10.1 Å². The fourth-order valence-corrected chi connectivity index (χ4v) is 2.92. The van der Waals surface area contributed by atoms with Crippen LogP contribution in [0.4, 0.5) is 5.13 Å². The van der Waals surface area contributed by atoms with Crippen LogP contribution >= 0.6 is 11.3 Å². The summed E-state index contributed by atoms with van der Waals surface area (Å²) in [7, 11) is 1.92. The minimum absolute atomic E-state index is 0.154. The van der Waals surface area contributed by atoms with Crippen LogP contribution in [-0.2, 0) is 0 Å². The van der Waals surface area contributed by atoms with Crippen molar-refractivity contribution in [2.24, 2.45) is 0 Å². The quantitative estimate of drug-likeness (QED) is 0.720. The van der Waals surface area contributed by atoms with Crippen LogP contribution in [0.25, 0.3) is 4.96 Å². The Bertz CT molecular complexity index is 828. The molecule has 2 aromatic heterocycles. The fraction of sp³-hybridized carbons (Fsp3) is 0.267. The zero-order valence-corrected chi connectivity index (χ0v) is 13.2. The second-order valence-electron chi connectivity index (χ2n) is 4.90. The predicted molar refractivity (Wildman–Crippen MR) is 87.1 cm³/mol. The summed E-state index contributed by atoms with van der Waals surface area (Å²) in [6.07, 6.45) is 0. The van der Waals surface area contributed by atoms with Crippen molar-refractivity contribution in [3.05, 3.63) is 52.4 Å². The first-order valence-corrected chi connectivity index (χ1v) is 7.71. The van der Waals surface area contributed by atoms with Crippen molar-refractivity contribution in [3.8, 4) is 5.75 Å². The number of hydrogen-bond acceptors (Lipinski definition) is 6. The van der Waals surface area contributed by atoms with E-state index in [2.05, 4.69) is 10.1 Å². The van der Waals surface area contributed by atoms with Crippen LogP contribution in [-0.4, -0.2) is 34.8 Å². The van der Waals surface area contributed by atoms with Crippen molar-refractivity contribution in [3.63, 3.8) is 0 Å². The SMILES string of the molecule is Cc1cc(=O)n2nc(N(C)CCOc3ccccc3)sc2n1. The Kier molecular flexibility index (Phi) is 4.06. The fourth-order valence-electron chi connectivity index (χ4n) is 1.98. The van der Waals surface area contributed by atoms with Gasteiger partial charge in [0.1, 0.15) is 12.4 Å². The lowest BCUT2D eigenvalue weighted by Gasteiger charge is -2.15. The lowest BCUT2D eigenvalue weighted by molar-refractivity contribution is 0.326. The molecule has 0 aliphatic heterocycles. The Morgan fingerprint density at radius 1 is 1.32 bits per heavy atom. The molecule has 0 atom stereocenters. The van der Waals surface area contributed by atoms with Gasteiger partial charge in [0.15, 0.2) is 0 Å². The largest absolute Gasteiger partial charge is 0.492 e. The molecule has 7 heteroatoms. The second-order valence-corrected chi connectivity index (χ2v) is 5.83. The smallest absolute Gasteiger partial charge is 0.275 e. The van der Waals surface area contributed by atoms with Crippen LogP contribution in [0.1, 0.15) is 5.69 Å². The van der Waals surface area contributed by atoms with Gasteiger partial charge >= 0.3 is 0 Å². The molecule has 1 aromatic carbocycles. The molecule has 0 radical (unpaired) electrons. The minimum atomic E-state index is -0.154. The zero-order valence-electron chi connectivity index (χ0n) is 12.4. The molecule has 0 saturated heterocycles. The van der Waals surface area contributed by atoms with E-state index in [1.165, 1.54) is 21.9 Å². The number of aromatic nitrogens is 3. The number of benzene rings is 1. The molecular formula is C15H16N4O2S. The highest BCUT2D eigenvalue weighted by Gasteiger charge is 2.11. The summed E-state index contributed by atoms with van der Waals surface area (Å²) in [5.74, 6) is 0.841. The molecule has 0 aliphatic carbocycles. The summed E-state index contributed by atoms with van der Waals surface area (Å²) in [6, 6.07) is 11.1. The summed E-state index contributed by atoms with van der Waals surface area (Å²) in [4.78, 5) is 18.7. The Balaban J connectivity index is 1.68. The van der Waals surface area contributed by atoms with E-state index in [4.69, 9.17) is 4.74 Å². The Morgan fingerprint density at radius 2 is 2.09 bits per heavy atom. The van der Waals surface area contributed by atoms with Crippen LogP contribution in [0, 0.1) is 6.92 Å². The third-order valence-corrected chi connectivity index (χ3v) is 4.15. The van der Waals surface area contributed by atoms with Gasteiger partial charge in [-0.1, -0.05) is 29.5 Å². The molecule has 0 bridgehead atoms. The number of hydrogen-bond donors (Lipinski definition) is 0. The van der Waals surface area contributed by atoms with Gasteiger partial charge in [0.05, 0.1) is 6.54 Å². The van der Waals surface area contributed by atoms with Crippen molar-refractivity contribution in [2.45, 2.75) is 6.92 Å². The maximum Gasteiger partial charge on any atom is 0.275 e. The summed E-state index contributed by atoms with van der Waals surface area (Å²) >= 11 is 1.39. The van der Waals surface area contributed by atoms with Gasteiger partial charge in [0, 0.05) is 18.8 Å². The zero-order chi connectivity index (χ0) is 15.5. The number of para-hydroxylation sites is 1. The van der Waals surface area contributed by atoms with Crippen LogP contribution in [0.15, 0.2) is 41.2 Å². The third-order valence-electron chi connectivity index (χ3n) is 3.13. The number of likely N-dealkylation sites (N-methyl/N-ethyl adjacent to an activating group) is 1. The molecule has 3 rings (SSSR count). The number of fused-ring (bicyclic) bond motifs is 1. The summed E-state index contributed by atoms with van der Waals surface area (Å²) in [6.45, 7) is 3.01. The highest BCUT2D eigenvalue weighted by molar-refractivity contribution is 7.20. The van der Waals surface area contributed by atoms with Crippen molar-refractivity contribution in [1.82, 2.24) is 14.6 Å². The van der Waals surface area contributed by atoms with E-state index in [1.54, 1.807) is 6.92 Å². The molecule has 3 aromatic rings. The van der Waals surface area contributed by atoms with Gasteiger partial charge in [-0.05, 0) is 19.1 Å². The molecule has 0 aliphatic rings. The lowest BCUT2D eigenvalue weighted by Crippen LogP contribution is -2.24. The predicted octanol–water partition coefficient (Wildman–Crippen LogP) is 1.97. The van der Waals surface area contributed by atoms with E-state index in [0.29, 0.717) is 23.8 Å². The van der Waals surface area contributed by atoms with Crippen molar-refractivity contribution in [1.29, 1.82) is 0 Å². The first-order chi connectivity index (χ1) is 10.6. The third kappa shape index (κ3) is 3.09. The Morgan fingerprint density at radius 3 is 2.86 bits per heavy atom. The summed E-state index contributed by atoms with van der Waals surface area (Å²) in [5, 5.41) is 5.05. The monoisotopic (exact) mass is 316 g/mol. The second kappa shape index (κ2) is 6.15. The number of anilines is 1. The summed E-state index contributed by atoms with van der Waals surface area (Å²) < 4.78 is 7.00. The molecule has 0 saturated carbocycles. The molecule has 22 heavy (non-hydrogen) atoms. The molecule has 0 fully saturated rings. The molecule has 0 unspecified atom stereocenters. The van der Waals surface area contributed by atoms with Crippen LogP contribution in [0.2, 0.25) is 0 Å². The van der Waals surface area contributed by atoms with Crippen LogP contribution in [0.5, 0.6) is 5.75 Å². The van der Waals surface area contributed by atoms with E-state index in [9.17, 15) is 4.79 Å². The maximum atomic E-state index is 11.9. The molecule has 0 spiro atoms. The molecule has 0 N–H and O–H groups in total. The number of nitrogens with zero attached hydrogens (tertiary/aromatic N) is 4. The number of ether oxygens (including phenoxy) is 1. The van der Waals surface area contributed by atoms with E-state index < -0.39 is 0 Å². The van der Waals surface area contributed by atoms with Crippen molar-refractivity contribution in [2.75, 3.05) is 25.1 Å². The van der Waals surface area contributed by atoms with Crippen LogP contribution in [0.3, 0.4) is 0 Å². The van der Waals surface area contributed by atoms with Crippen LogP contribution < -0.4 is 15.2 Å². The Hall–Kier alpha value is -2.41. The maximum absolute atomic E-state index is 11.9. The average Bonchev–Trinajstić information content (AvgIpc) is 2.92. The van der Waals surface area contributed by atoms with E-state index in [1.807, 2.05) is 42.3 Å². The molecule has 2 heterocycles. The van der Waals surface area contributed by atoms with Gasteiger partial charge in [0.25, 0.3) is 5.56 Å².